The third kappa shape index (κ3) is 2.65. The molecule has 2 rings (SSSR count). The molecule has 0 heterocycles. The quantitative estimate of drug-likeness (QED) is 0.209. The Hall–Kier alpha value is -3.28. The minimum absolute atomic E-state index is 0.00152. The van der Waals surface area contributed by atoms with E-state index >= 15 is 0 Å². The summed E-state index contributed by atoms with van der Waals surface area (Å²) in [4.78, 5) is 20.5. The lowest BCUT2D eigenvalue weighted by Crippen LogP contribution is -2.86. The second-order valence-corrected chi connectivity index (χ2v) is 6.13. The summed E-state index contributed by atoms with van der Waals surface area (Å²) in [5, 5.41) is 33.2. The van der Waals surface area contributed by atoms with Gasteiger partial charge in [0.2, 0.25) is 0 Å². The standard InChI is InChI=1S/C13H4F11N3O5/c14-8(7(28)25-5-2-1-4(26(29)30)3-6(5)27(31)32)9(15,16)11(19,20)13(23,24)12(21,22)10(8,17)18/h1-3H,(H,25,28)/p-1. The third-order valence-electron chi connectivity index (χ3n) is 4.33. The van der Waals surface area contributed by atoms with Crippen LogP contribution in [0.25, 0.3) is 0 Å². The van der Waals surface area contributed by atoms with Crippen LogP contribution in [0.2, 0.25) is 0 Å². The van der Waals surface area contributed by atoms with E-state index in [1.54, 1.807) is 0 Å². The zero-order valence-electron chi connectivity index (χ0n) is 14.3. The van der Waals surface area contributed by atoms with E-state index in [9.17, 15) is 73.6 Å². The van der Waals surface area contributed by atoms with Crippen LogP contribution in [-0.2, 0) is 0 Å². The van der Waals surface area contributed by atoms with E-state index in [1.807, 2.05) is 4.99 Å². The molecule has 0 radical (unpaired) electrons. The van der Waals surface area contributed by atoms with Gasteiger partial charge in [-0.15, -0.1) is 0 Å². The highest BCUT2D eigenvalue weighted by Gasteiger charge is 3.01. The molecule has 1 aliphatic carbocycles. The maximum Gasteiger partial charge on any atom is 0.384 e. The summed E-state index contributed by atoms with van der Waals surface area (Å²) >= 11 is 0. The lowest BCUT2D eigenvalue weighted by Gasteiger charge is -2.53. The van der Waals surface area contributed by atoms with Gasteiger partial charge < -0.3 is 5.11 Å². The molecule has 1 fully saturated rings. The van der Waals surface area contributed by atoms with Gasteiger partial charge in [-0.05, 0) is 6.07 Å². The average Bonchev–Trinajstić information content (AvgIpc) is 2.65. The number of rotatable bonds is 4. The van der Waals surface area contributed by atoms with E-state index in [0.717, 1.165) is 0 Å². The Morgan fingerprint density at radius 3 is 1.50 bits per heavy atom. The number of halogens is 11. The monoisotopic (exact) mass is 490 g/mol. The smallest absolute Gasteiger partial charge is 0.384 e. The Labute approximate surface area is 166 Å². The summed E-state index contributed by atoms with van der Waals surface area (Å²) in [5.41, 5.74) is -11.8. The molecule has 178 valence electrons. The van der Waals surface area contributed by atoms with Crippen molar-refractivity contribution in [2.75, 3.05) is 0 Å². The normalized spacial score (nSPS) is 24.5. The molecular weight excluding hydrogens is 487 g/mol. The first-order chi connectivity index (χ1) is 14.1. The fraction of sp³-hybridized carbons (Fsp3) is 0.462. The Morgan fingerprint density at radius 1 is 0.719 bits per heavy atom. The number of non-ortho nitro benzene ring substituents is 1. The molecule has 0 atom stereocenters. The van der Waals surface area contributed by atoms with Gasteiger partial charge in [0.25, 0.3) is 11.4 Å². The summed E-state index contributed by atoms with van der Waals surface area (Å²) in [6, 6.07) is 0.158. The molecule has 1 aromatic carbocycles. The maximum atomic E-state index is 14.6. The van der Waals surface area contributed by atoms with Crippen LogP contribution in [0.4, 0.5) is 65.4 Å². The SMILES string of the molecule is O=[N+]([O-])c1ccc(N=C([O-])C2(F)C(F)(F)C(F)(F)C(F)(F)C(F)(F)C2(F)F)c([N+](=O)[O-])c1. The van der Waals surface area contributed by atoms with Crippen LogP contribution in [0.1, 0.15) is 0 Å². The number of nitrogens with zero attached hydrogens (tertiary/aromatic N) is 3. The highest BCUT2D eigenvalue weighted by Crippen LogP contribution is 2.69. The molecule has 0 aliphatic heterocycles. The lowest BCUT2D eigenvalue weighted by atomic mass is 9.72. The number of aliphatic imine (C=N–C) groups is 1. The number of nitro benzene ring substituents is 2. The van der Waals surface area contributed by atoms with Gasteiger partial charge in [-0.25, -0.2) is 4.39 Å². The van der Waals surface area contributed by atoms with Gasteiger partial charge in [0.1, 0.15) is 5.69 Å². The molecule has 8 nitrogen and oxygen atoms in total. The van der Waals surface area contributed by atoms with Crippen LogP contribution in [0.5, 0.6) is 0 Å². The van der Waals surface area contributed by atoms with Crippen molar-refractivity contribution in [3.63, 3.8) is 0 Å². The molecule has 0 spiro atoms. The molecule has 32 heavy (non-hydrogen) atoms. The summed E-state index contributed by atoms with van der Waals surface area (Å²) in [7, 11) is 0. The van der Waals surface area contributed by atoms with Gasteiger partial charge in [0, 0.05) is 12.0 Å². The van der Waals surface area contributed by atoms with Gasteiger partial charge in [0.15, 0.2) is 0 Å². The van der Waals surface area contributed by atoms with Crippen molar-refractivity contribution in [1.82, 2.24) is 0 Å². The number of nitro groups is 2. The molecule has 0 aromatic heterocycles. The van der Waals surface area contributed by atoms with E-state index in [4.69, 9.17) is 0 Å². The number of hydrogen-bond donors (Lipinski definition) is 0. The Bertz CT molecular complexity index is 997. The van der Waals surface area contributed by atoms with Crippen LogP contribution in [-0.4, -0.2) is 51.0 Å². The van der Waals surface area contributed by atoms with Crippen molar-refractivity contribution in [3.05, 3.63) is 38.4 Å². The zero-order chi connectivity index (χ0) is 25.3. The summed E-state index contributed by atoms with van der Waals surface area (Å²) in [6.07, 6.45) is 0. The van der Waals surface area contributed by atoms with Gasteiger partial charge in [-0.1, -0.05) is 0 Å². The highest BCUT2D eigenvalue weighted by atomic mass is 19.4. The van der Waals surface area contributed by atoms with Crippen LogP contribution in [0, 0.1) is 20.2 Å². The van der Waals surface area contributed by atoms with Gasteiger partial charge in [0.05, 0.1) is 15.9 Å². The van der Waals surface area contributed by atoms with E-state index in [2.05, 4.69) is 0 Å². The topological polar surface area (TPSA) is 122 Å². The lowest BCUT2D eigenvalue weighted by molar-refractivity contribution is -0.480. The van der Waals surface area contributed by atoms with Gasteiger partial charge >= 0.3 is 35.3 Å². The van der Waals surface area contributed by atoms with Crippen LogP contribution in [0.15, 0.2) is 23.2 Å². The minimum atomic E-state index is -7.58. The number of benzene rings is 1. The van der Waals surface area contributed by atoms with E-state index in [1.165, 1.54) is 0 Å². The molecule has 0 N–H and O–H groups in total. The second-order valence-electron chi connectivity index (χ2n) is 6.13. The third-order valence-corrected chi connectivity index (χ3v) is 4.33. The first-order valence-electron chi connectivity index (χ1n) is 7.40. The second kappa shape index (κ2) is 6.61. The number of hydrogen-bond acceptors (Lipinski definition) is 6. The predicted molar refractivity (Wildman–Crippen MR) is 75.4 cm³/mol. The first-order valence-corrected chi connectivity index (χ1v) is 7.40. The average molecular weight is 490 g/mol. The Kier molecular flexibility index (Phi) is 5.16. The van der Waals surface area contributed by atoms with Crippen molar-refractivity contribution >= 4 is 23.0 Å². The van der Waals surface area contributed by atoms with Gasteiger partial charge in [-0.2, -0.15) is 43.9 Å². The Morgan fingerprint density at radius 2 is 1.12 bits per heavy atom. The van der Waals surface area contributed by atoms with Crippen LogP contribution >= 0.6 is 0 Å². The zero-order valence-corrected chi connectivity index (χ0v) is 14.3. The van der Waals surface area contributed by atoms with Crippen LogP contribution < -0.4 is 5.11 Å². The molecule has 0 unspecified atom stereocenters. The highest BCUT2D eigenvalue weighted by molar-refractivity contribution is 5.88. The first kappa shape index (κ1) is 25.0. The van der Waals surface area contributed by atoms with Crippen molar-refractivity contribution in [2.24, 2.45) is 4.99 Å². The van der Waals surface area contributed by atoms with Gasteiger partial charge in [-0.3, -0.25) is 25.2 Å². The molecule has 1 aromatic rings. The predicted octanol–water partition coefficient (Wildman–Crippen LogP) is 3.79. The molecular formula is C13H3F11N3O5-. The maximum absolute atomic E-state index is 14.6. The fourth-order valence-electron chi connectivity index (χ4n) is 2.54. The molecule has 0 bridgehead atoms. The Balaban J connectivity index is 2.87. The molecule has 19 heteroatoms. The summed E-state index contributed by atoms with van der Waals surface area (Å²) in [5.74, 6) is -41.7. The van der Waals surface area contributed by atoms with Crippen LogP contribution in [0.3, 0.4) is 0 Å². The van der Waals surface area contributed by atoms with E-state index in [-0.39, 0.29) is 18.2 Å². The van der Waals surface area contributed by atoms with Crippen molar-refractivity contribution in [1.29, 1.82) is 0 Å². The molecule has 1 aliphatic rings. The molecule has 0 amide bonds. The molecule has 0 saturated heterocycles. The number of alkyl halides is 11. The minimum Gasteiger partial charge on any atom is -0.859 e. The van der Waals surface area contributed by atoms with E-state index in [0.29, 0.717) is 0 Å². The summed E-state index contributed by atoms with van der Waals surface area (Å²) < 4.78 is 150. The molecule has 1 saturated carbocycles. The van der Waals surface area contributed by atoms with E-state index < -0.39 is 68.1 Å². The van der Waals surface area contributed by atoms with Crippen molar-refractivity contribution in [3.8, 4) is 0 Å². The fourth-order valence-corrected chi connectivity index (χ4v) is 2.54. The largest absolute Gasteiger partial charge is 0.859 e. The summed E-state index contributed by atoms with van der Waals surface area (Å²) in [6.45, 7) is 0. The van der Waals surface area contributed by atoms with Crippen molar-refractivity contribution in [2.45, 2.75) is 35.3 Å². The van der Waals surface area contributed by atoms with Crippen molar-refractivity contribution < 1.29 is 63.2 Å².